The van der Waals surface area contributed by atoms with Crippen LogP contribution in [-0.4, -0.2) is 18.4 Å². The number of hydrogen-bond donors (Lipinski definition) is 2. The molecule has 0 aliphatic rings. The number of nitrogens with one attached hydrogen (secondary N) is 2. The molecule has 0 aromatic heterocycles. The number of rotatable bonds is 7. The number of carbonyl (C=O) groups excluding carboxylic acids is 2. The van der Waals surface area contributed by atoms with E-state index in [1.165, 1.54) is 6.92 Å². The highest BCUT2D eigenvalue weighted by Gasteiger charge is 2.06. The van der Waals surface area contributed by atoms with Crippen molar-refractivity contribution in [1.82, 2.24) is 0 Å². The molecular formula is C23H22N4O3. The summed E-state index contributed by atoms with van der Waals surface area (Å²) in [6.07, 6.45) is 0. The standard InChI is InChI=1S/C23H22N4O3/c1-3-30-22-14-12-21(13-15-22)27-26-20-10-8-19(9-11-20)25-23(29)17-4-6-18(7-5-17)24-16(2)28/h4-15H,3H2,1-2H3,(H,24,28)(H,25,29). The molecule has 3 aromatic carbocycles. The van der Waals surface area contributed by atoms with E-state index in [4.69, 9.17) is 4.74 Å². The van der Waals surface area contributed by atoms with Gasteiger partial charge in [0, 0.05) is 23.9 Å². The van der Waals surface area contributed by atoms with E-state index < -0.39 is 0 Å². The number of benzene rings is 3. The maximum atomic E-state index is 12.4. The largest absolute Gasteiger partial charge is 0.494 e. The predicted octanol–water partition coefficient (Wildman–Crippen LogP) is 5.71. The molecule has 152 valence electrons. The molecule has 0 saturated heterocycles. The van der Waals surface area contributed by atoms with Crippen LogP contribution in [0.5, 0.6) is 5.75 Å². The molecular weight excluding hydrogens is 380 g/mol. The first-order valence-electron chi connectivity index (χ1n) is 9.47. The molecule has 0 fully saturated rings. The topological polar surface area (TPSA) is 92.2 Å². The number of nitrogens with zero attached hydrogens (tertiary/aromatic N) is 2. The molecule has 2 amide bonds. The molecule has 0 saturated carbocycles. The van der Waals surface area contributed by atoms with Crippen LogP contribution in [0.25, 0.3) is 0 Å². The normalized spacial score (nSPS) is 10.6. The lowest BCUT2D eigenvalue weighted by molar-refractivity contribution is -0.114. The van der Waals surface area contributed by atoms with Gasteiger partial charge in [-0.25, -0.2) is 0 Å². The molecule has 0 spiro atoms. The van der Waals surface area contributed by atoms with Crippen LogP contribution in [-0.2, 0) is 4.79 Å². The molecule has 0 radical (unpaired) electrons. The molecule has 0 unspecified atom stereocenters. The van der Waals surface area contributed by atoms with Crippen LogP contribution < -0.4 is 15.4 Å². The Balaban J connectivity index is 1.58. The number of amides is 2. The summed E-state index contributed by atoms with van der Waals surface area (Å²) in [5.74, 6) is 0.390. The Bertz CT molecular complexity index is 1030. The first-order chi connectivity index (χ1) is 14.5. The summed E-state index contributed by atoms with van der Waals surface area (Å²) in [6.45, 7) is 3.98. The monoisotopic (exact) mass is 402 g/mol. The highest BCUT2D eigenvalue weighted by Crippen LogP contribution is 2.22. The van der Waals surface area contributed by atoms with Crippen LogP contribution in [0.15, 0.2) is 83.0 Å². The summed E-state index contributed by atoms with van der Waals surface area (Å²) < 4.78 is 5.40. The summed E-state index contributed by atoms with van der Waals surface area (Å²) in [5.41, 5.74) is 3.16. The van der Waals surface area contributed by atoms with Gasteiger partial charge in [-0.3, -0.25) is 9.59 Å². The van der Waals surface area contributed by atoms with Gasteiger partial charge in [0.1, 0.15) is 5.75 Å². The summed E-state index contributed by atoms with van der Waals surface area (Å²) in [4.78, 5) is 23.4. The van der Waals surface area contributed by atoms with Crippen molar-refractivity contribution in [3.63, 3.8) is 0 Å². The third-order valence-electron chi connectivity index (χ3n) is 4.02. The first-order valence-corrected chi connectivity index (χ1v) is 9.47. The van der Waals surface area contributed by atoms with Crippen LogP contribution in [0, 0.1) is 0 Å². The fourth-order valence-corrected chi connectivity index (χ4v) is 2.61. The second-order valence-corrected chi connectivity index (χ2v) is 6.39. The summed E-state index contributed by atoms with van der Waals surface area (Å²) >= 11 is 0. The fourth-order valence-electron chi connectivity index (χ4n) is 2.61. The second kappa shape index (κ2) is 9.97. The van der Waals surface area contributed by atoms with Gasteiger partial charge in [-0.2, -0.15) is 10.2 Å². The molecule has 7 heteroatoms. The van der Waals surface area contributed by atoms with Crippen molar-refractivity contribution >= 4 is 34.6 Å². The Morgan fingerprint density at radius 1 is 0.767 bits per heavy atom. The lowest BCUT2D eigenvalue weighted by Crippen LogP contribution is -2.12. The van der Waals surface area contributed by atoms with E-state index >= 15 is 0 Å². The zero-order valence-corrected chi connectivity index (χ0v) is 16.8. The Morgan fingerprint density at radius 3 is 1.80 bits per heavy atom. The zero-order valence-electron chi connectivity index (χ0n) is 16.8. The van der Waals surface area contributed by atoms with Crippen molar-refractivity contribution in [2.45, 2.75) is 13.8 Å². The lowest BCUT2D eigenvalue weighted by Gasteiger charge is -2.07. The maximum Gasteiger partial charge on any atom is 0.255 e. The predicted molar refractivity (Wildman–Crippen MR) is 117 cm³/mol. The van der Waals surface area contributed by atoms with Gasteiger partial charge in [0.05, 0.1) is 18.0 Å². The second-order valence-electron chi connectivity index (χ2n) is 6.39. The highest BCUT2D eigenvalue weighted by atomic mass is 16.5. The Labute approximate surface area is 174 Å². The molecule has 0 bridgehead atoms. The molecule has 3 aromatic rings. The number of ether oxygens (including phenoxy) is 1. The van der Waals surface area contributed by atoms with E-state index in [2.05, 4.69) is 20.9 Å². The van der Waals surface area contributed by atoms with E-state index in [-0.39, 0.29) is 11.8 Å². The summed E-state index contributed by atoms with van der Waals surface area (Å²) in [7, 11) is 0. The number of hydrogen-bond acceptors (Lipinski definition) is 5. The van der Waals surface area contributed by atoms with E-state index in [9.17, 15) is 9.59 Å². The number of carbonyl (C=O) groups is 2. The molecule has 30 heavy (non-hydrogen) atoms. The SMILES string of the molecule is CCOc1ccc(N=Nc2ccc(NC(=O)c3ccc(NC(C)=O)cc3)cc2)cc1. The molecule has 0 heterocycles. The van der Waals surface area contributed by atoms with Gasteiger partial charge in [-0.05, 0) is 79.7 Å². The molecule has 3 rings (SSSR count). The van der Waals surface area contributed by atoms with Crippen LogP contribution in [0.4, 0.5) is 22.7 Å². The third-order valence-corrected chi connectivity index (χ3v) is 4.02. The Morgan fingerprint density at radius 2 is 1.27 bits per heavy atom. The highest BCUT2D eigenvalue weighted by molar-refractivity contribution is 6.04. The van der Waals surface area contributed by atoms with Gasteiger partial charge < -0.3 is 15.4 Å². The van der Waals surface area contributed by atoms with Crippen LogP contribution >= 0.6 is 0 Å². The molecule has 0 aliphatic heterocycles. The van der Waals surface area contributed by atoms with Crippen LogP contribution in [0.3, 0.4) is 0 Å². The zero-order chi connectivity index (χ0) is 21.3. The van der Waals surface area contributed by atoms with E-state index in [1.807, 2.05) is 31.2 Å². The van der Waals surface area contributed by atoms with Gasteiger partial charge >= 0.3 is 0 Å². The maximum absolute atomic E-state index is 12.4. The first kappa shape index (κ1) is 20.7. The van der Waals surface area contributed by atoms with Crippen molar-refractivity contribution in [2.75, 3.05) is 17.2 Å². The summed E-state index contributed by atoms with van der Waals surface area (Å²) in [5, 5.41) is 13.9. The molecule has 7 nitrogen and oxygen atoms in total. The van der Waals surface area contributed by atoms with Gasteiger partial charge in [-0.15, -0.1) is 0 Å². The Hall–Kier alpha value is -4.00. The van der Waals surface area contributed by atoms with Crippen molar-refractivity contribution in [3.05, 3.63) is 78.4 Å². The summed E-state index contributed by atoms with van der Waals surface area (Å²) in [6, 6.07) is 21.1. The average molecular weight is 402 g/mol. The smallest absolute Gasteiger partial charge is 0.255 e. The van der Waals surface area contributed by atoms with E-state index in [1.54, 1.807) is 48.5 Å². The minimum absolute atomic E-state index is 0.160. The van der Waals surface area contributed by atoms with Gasteiger partial charge in [-0.1, -0.05) is 0 Å². The van der Waals surface area contributed by atoms with Crippen LogP contribution in [0.1, 0.15) is 24.2 Å². The van der Waals surface area contributed by atoms with E-state index in [0.717, 1.165) is 11.4 Å². The lowest BCUT2D eigenvalue weighted by atomic mass is 10.2. The number of azo groups is 1. The van der Waals surface area contributed by atoms with Gasteiger partial charge in [0.15, 0.2) is 0 Å². The van der Waals surface area contributed by atoms with E-state index in [0.29, 0.717) is 29.2 Å². The average Bonchev–Trinajstić information content (AvgIpc) is 2.74. The van der Waals surface area contributed by atoms with Gasteiger partial charge in [0.25, 0.3) is 5.91 Å². The van der Waals surface area contributed by atoms with Crippen molar-refractivity contribution in [1.29, 1.82) is 0 Å². The molecule has 2 N–H and O–H groups in total. The fraction of sp³-hybridized carbons (Fsp3) is 0.130. The van der Waals surface area contributed by atoms with Crippen LogP contribution in [0.2, 0.25) is 0 Å². The van der Waals surface area contributed by atoms with Crippen molar-refractivity contribution in [2.24, 2.45) is 10.2 Å². The Kier molecular flexibility index (Phi) is 6.89. The molecule has 0 atom stereocenters. The molecule has 0 aliphatic carbocycles. The van der Waals surface area contributed by atoms with Crippen molar-refractivity contribution in [3.8, 4) is 5.75 Å². The minimum atomic E-state index is -0.242. The number of anilines is 2. The third kappa shape index (κ3) is 6.00. The van der Waals surface area contributed by atoms with Crippen molar-refractivity contribution < 1.29 is 14.3 Å². The quantitative estimate of drug-likeness (QED) is 0.496. The minimum Gasteiger partial charge on any atom is -0.494 e. The van der Waals surface area contributed by atoms with Gasteiger partial charge in [0.2, 0.25) is 5.91 Å².